The molecule has 6 heteroatoms. The summed E-state index contributed by atoms with van der Waals surface area (Å²) >= 11 is 17.9. The Hall–Kier alpha value is -1.13. The van der Waals surface area contributed by atoms with Crippen molar-refractivity contribution in [3.63, 3.8) is 0 Å². The second-order valence-electron chi connectivity index (χ2n) is 6.03. The molecular weight excluding hydrogens is 367 g/mol. The molecule has 126 valence electrons. The molecule has 1 aliphatic heterocycles. The lowest BCUT2D eigenvalue weighted by Crippen LogP contribution is -2.36. The van der Waals surface area contributed by atoms with Gasteiger partial charge < -0.3 is 0 Å². The Morgan fingerprint density at radius 2 is 1.83 bits per heavy atom. The fourth-order valence-corrected chi connectivity index (χ4v) is 3.53. The highest BCUT2D eigenvalue weighted by molar-refractivity contribution is 6.42. The second kappa shape index (κ2) is 7.83. The lowest BCUT2D eigenvalue weighted by molar-refractivity contribution is 0.0835. The molecule has 2 aromatic rings. The van der Waals surface area contributed by atoms with E-state index in [1.165, 1.54) is 0 Å². The molecule has 1 aromatic heterocycles. The zero-order valence-electron chi connectivity index (χ0n) is 13.0. The van der Waals surface area contributed by atoms with Crippen molar-refractivity contribution in [2.45, 2.75) is 19.4 Å². The zero-order valence-corrected chi connectivity index (χ0v) is 15.3. The molecule has 3 nitrogen and oxygen atoms in total. The molecule has 2 heterocycles. The number of piperidine rings is 1. The van der Waals surface area contributed by atoms with Crippen molar-refractivity contribution in [2.24, 2.45) is 5.92 Å². The van der Waals surface area contributed by atoms with E-state index < -0.39 is 0 Å². The average molecular weight is 384 g/mol. The van der Waals surface area contributed by atoms with Crippen LogP contribution in [0, 0.1) is 5.92 Å². The van der Waals surface area contributed by atoms with Crippen molar-refractivity contribution in [1.29, 1.82) is 0 Å². The third-order valence-electron chi connectivity index (χ3n) is 4.36. The Labute approximate surface area is 156 Å². The lowest BCUT2D eigenvalue weighted by Gasteiger charge is -2.31. The molecule has 1 fully saturated rings. The number of hydrogen-bond donors (Lipinski definition) is 0. The van der Waals surface area contributed by atoms with Crippen LogP contribution in [0.5, 0.6) is 0 Å². The quantitative estimate of drug-likeness (QED) is 0.541. The van der Waals surface area contributed by atoms with Crippen molar-refractivity contribution in [3.8, 4) is 0 Å². The van der Waals surface area contributed by atoms with Gasteiger partial charge in [0.1, 0.15) is 5.15 Å². The van der Waals surface area contributed by atoms with Crippen LogP contribution in [-0.2, 0) is 6.54 Å². The molecule has 0 saturated carbocycles. The molecule has 3 rings (SSSR count). The molecule has 1 aromatic carbocycles. The van der Waals surface area contributed by atoms with Gasteiger partial charge in [0.2, 0.25) is 0 Å². The van der Waals surface area contributed by atoms with E-state index in [0.29, 0.717) is 20.8 Å². The molecule has 0 unspecified atom stereocenters. The topological polar surface area (TPSA) is 33.2 Å². The van der Waals surface area contributed by atoms with Gasteiger partial charge in [0, 0.05) is 24.2 Å². The summed E-state index contributed by atoms with van der Waals surface area (Å²) in [6.45, 7) is 2.60. The minimum atomic E-state index is 0.0412. The maximum Gasteiger partial charge on any atom is 0.166 e. The van der Waals surface area contributed by atoms with E-state index in [0.717, 1.165) is 38.0 Å². The molecule has 0 bridgehead atoms. The minimum Gasteiger partial charge on any atom is -0.299 e. The summed E-state index contributed by atoms with van der Waals surface area (Å²) in [5, 5.41) is 1.41. The standard InChI is InChI=1S/C18H17Cl3N2O/c19-15-2-1-14(10-16(15)20)18(24)13-4-7-23(8-5-13)11-12-3-6-22-17(21)9-12/h1-3,6,9-10,13H,4-5,7-8,11H2. The van der Waals surface area contributed by atoms with Crippen LogP contribution in [0.4, 0.5) is 0 Å². The normalized spacial score (nSPS) is 16.3. The number of rotatable bonds is 4. The zero-order chi connectivity index (χ0) is 17.1. The minimum absolute atomic E-state index is 0.0412. The largest absolute Gasteiger partial charge is 0.299 e. The molecule has 0 amide bonds. The van der Waals surface area contributed by atoms with Gasteiger partial charge >= 0.3 is 0 Å². The van der Waals surface area contributed by atoms with Crippen molar-refractivity contribution in [1.82, 2.24) is 9.88 Å². The first-order valence-electron chi connectivity index (χ1n) is 7.85. The Bertz CT molecular complexity index is 743. The van der Waals surface area contributed by atoms with Crippen LogP contribution in [-0.4, -0.2) is 28.8 Å². The fourth-order valence-electron chi connectivity index (χ4n) is 3.04. The predicted octanol–water partition coefficient (Wildman–Crippen LogP) is 5.14. The van der Waals surface area contributed by atoms with Crippen LogP contribution >= 0.6 is 34.8 Å². The smallest absolute Gasteiger partial charge is 0.166 e. The van der Waals surface area contributed by atoms with Crippen molar-refractivity contribution in [2.75, 3.05) is 13.1 Å². The Morgan fingerprint density at radius 3 is 2.50 bits per heavy atom. The van der Waals surface area contributed by atoms with Gasteiger partial charge in [0.05, 0.1) is 10.0 Å². The first kappa shape index (κ1) is 17.7. The number of hydrogen-bond acceptors (Lipinski definition) is 3. The molecule has 0 radical (unpaired) electrons. The van der Waals surface area contributed by atoms with Crippen molar-refractivity contribution < 1.29 is 4.79 Å². The van der Waals surface area contributed by atoms with Gasteiger partial charge in [-0.1, -0.05) is 34.8 Å². The van der Waals surface area contributed by atoms with E-state index in [4.69, 9.17) is 34.8 Å². The Kier molecular flexibility index (Phi) is 5.77. The maximum atomic E-state index is 12.6. The molecule has 0 spiro atoms. The van der Waals surface area contributed by atoms with E-state index in [1.54, 1.807) is 24.4 Å². The Balaban J connectivity index is 1.58. The van der Waals surface area contributed by atoms with Gasteiger partial charge in [0.25, 0.3) is 0 Å². The molecule has 0 aliphatic carbocycles. The summed E-state index contributed by atoms with van der Waals surface area (Å²) < 4.78 is 0. The van der Waals surface area contributed by atoms with Gasteiger partial charge in [-0.15, -0.1) is 0 Å². The first-order valence-corrected chi connectivity index (χ1v) is 8.98. The van der Waals surface area contributed by atoms with Gasteiger partial charge in [-0.25, -0.2) is 4.98 Å². The number of carbonyl (C=O) groups excluding carboxylic acids is 1. The summed E-state index contributed by atoms with van der Waals surface area (Å²) in [6.07, 6.45) is 3.41. The van der Waals surface area contributed by atoms with Gasteiger partial charge in [0.15, 0.2) is 5.78 Å². The van der Waals surface area contributed by atoms with E-state index in [-0.39, 0.29) is 11.7 Å². The number of aromatic nitrogens is 1. The van der Waals surface area contributed by atoms with E-state index >= 15 is 0 Å². The molecule has 24 heavy (non-hydrogen) atoms. The molecule has 0 atom stereocenters. The van der Waals surface area contributed by atoms with E-state index in [9.17, 15) is 4.79 Å². The molecule has 1 aliphatic rings. The van der Waals surface area contributed by atoms with Crippen molar-refractivity contribution in [3.05, 3.63) is 62.9 Å². The van der Waals surface area contributed by atoms with Crippen LogP contribution < -0.4 is 0 Å². The molecule has 0 N–H and O–H groups in total. The molecule has 1 saturated heterocycles. The number of nitrogens with zero attached hydrogens (tertiary/aromatic N) is 2. The van der Waals surface area contributed by atoms with Gasteiger partial charge in [-0.3, -0.25) is 9.69 Å². The van der Waals surface area contributed by atoms with Gasteiger partial charge in [-0.05, 0) is 61.8 Å². The van der Waals surface area contributed by atoms with E-state index in [1.807, 2.05) is 12.1 Å². The van der Waals surface area contributed by atoms with Crippen molar-refractivity contribution >= 4 is 40.6 Å². The lowest BCUT2D eigenvalue weighted by atomic mass is 9.89. The number of ketones is 1. The highest BCUT2D eigenvalue weighted by atomic mass is 35.5. The molecular formula is C18H17Cl3N2O. The SMILES string of the molecule is O=C(c1ccc(Cl)c(Cl)c1)C1CCN(Cc2ccnc(Cl)c2)CC1. The van der Waals surface area contributed by atoms with Crippen LogP contribution in [0.25, 0.3) is 0 Å². The number of halogens is 3. The first-order chi connectivity index (χ1) is 11.5. The average Bonchev–Trinajstić information content (AvgIpc) is 2.57. The predicted molar refractivity (Wildman–Crippen MR) is 98.0 cm³/mol. The number of pyridine rings is 1. The van der Waals surface area contributed by atoms with Crippen LogP contribution in [0.3, 0.4) is 0 Å². The summed E-state index contributed by atoms with van der Waals surface area (Å²) in [5.41, 5.74) is 1.79. The van der Waals surface area contributed by atoms with Crippen LogP contribution in [0.15, 0.2) is 36.5 Å². The van der Waals surface area contributed by atoms with Crippen LogP contribution in [0.1, 0.15) is 28.8 Å². The summed E-state index contributed by atoms with van der Waals surface area (Å²) in [4.78, 5) is 19.0. The number of benzene rings is 1. The van der Waals surface area contributed by atoms with E-state index in [2.05, 4.69) is 9.88 Å². The summed E-state index contributed by atoms with van der Waals surface area (Å²) in [6, 6.07) is 8.95. The third kappa shape index (κ3) is 4.28. The monoisotopic (exact) mass is 382 g/mol. The number of Topliss-reactive ketones (excluding diaryl/α,β-unsaturated/α-hetero) is 1. The van der Waals surface area contributed by atoms with Crippen LogP contribution in [0.2, 0.25) is 15.2 Å². The Morgan fingerprint density at radius 1 is 1.08 bits per heavy atom. The second-order valence-corrected chi connectivity index (χ2v) is 7.23. The summed E-state index contributed by atoms with van der Waals surface area (Å²) in [5.74, 6) is 0.194. The third-order valence-corrected chi connectivity index (χ3v) is 5.31. The maximum absolute atomic E-state index is 12.6. The number of carbonyl (C=O) groups is 1. The highest BCUT2D eigenvalue weighted by Gasteiger charge is 2.26. The highest BCUT2D eigenvalue weighted by Crippen LogP contribution is 2.27. The van der Waals surface area contributed by atoms with Gasteiger partial charge in [-0.2, -0.15) is 0 Å². The number of likely N-dealkylation sites (tertiary alicyclic amines) is 1. The summed E-state index contributed by atoms with van der Waals surface area (Å²) in [7, 11) is 0. The fraction of sp³-hybridized carbons (Fsp3) is 0.333.